The Morgan fingerprint density at radius 1 is 1.30 bits per heavy atom. The number of aryl methyl sites for hydroxylation is 1. The number of nitrogens with zero attached hydrogens (tertiary/aromatic N) is 1. The van der Waals surface area contributed by atoms with Crippen LogP contribution in [0.15, 0.2) is 47.4 Å². The highest BCUT2D eigenvalue weighted by molar-refractivity contribution is 5.94. The van der Waals surface area contributed by atoms with Crippen LogP contribution in [0.5, 0.6) is 0 Å². The van der Waals surface area contributed by atoms with Gasteiger partial charge in [-0.2, -0.15) is 0 Å². The van der Waals surface area contributed by atoms with E-state index >= 15 is 0 Å². The summed E-state index contributed by atoms with van der Waals surface area (Å²) in [6.07, 6.45) is 1.53. The number of pyridine rings is 1. The van der Waals surface area contributed by atoms with Gasteiger partial charge in [0.15, 0.2) is 0 Å². The minimum Gasteiger partial charge on any atom is -0.346 e. The maximum atomic E-state index is 13.1. The number of nitrogens with one attached hydrogen (secondary N) is 1. The highest BCUT2D eigenvalue weighted by atomic mass is 19.1. The molecule has 0 aliphatic rings. The topological polar surface area (TPSA) is 51.1 Å². The summed E-state index contributed by atoms with van der Waals surface area (Å²) in [7, 11) is 1.61. The molecule has 1 aromatic heterocycles. The molecule has 20 heavy (non-hydrogen) atoms. The average molecular weight is 274 g/mol. The number of benzene rings is 1. The van der Waals surface area contributed by atoms with Crippen LogP contribution in [0.2, 0.25) is 0 Å². The summed E-state index contributed by atoms with van der Waals surface area (Å²) in [6.45, 7) is 1.76. The standard InChI is InChI=1S/C15H15FN2O2/c1-10(11-4-3-5-13(16)8-11)17-15(20)12-6-7-18(2)14(19)9-12/h3-10H,1-2H3,(H,17,20)/t10-/m0/s1. The number of rotatable bonds is 3. The van der Waals surface area contributed by atoms with Crippen LogP contribution in [0.3, 0.4) is 0 Å². The number of halogens is 1. The van der Waals surface area contributed by atoms with Crippen LogP contribution in [-0.2, 0) is 7.05 Å². The SMILES string of the molecule is C[C@H](NC(=O)c1ccn(C)c(=O)c1)c1cccc(F)c1. The highest BCUT2D eigenvalue weighted by Gasteiger charge is 2.12. The highest BCUT2D eigenvalue weighted by Crippen LogP contribution is 2.14. The molecule has 0 spiro atoms. The summed E-state index contributed by atoms with van der Waals surface area (Å²) < 4.78 is 14.5. The zero-order valence-electron chi connectivity index (χ0n) is 11.3. The number of carbonyl (C=O) groups excluding carboxylic acids is 1. The van der Waals surface area contributed by atoms with Crippen molar-refractivity contribution in [1.82, 2.24) is 9.88 Å². The van der Waals surface area contributed by atoms with E-state index in [2.05, 4.69) is 5.32 Å². The van der Waals surface area contributed by atoms with Crippen LogP contribution >= 0.6 is 0 Å². The van der Waals surface area contributed by atoms with Crippen LogP contribution < -0.4 is 10.9 Å². The molecule has 0 saturated heterocycles. The molecule has 4 nitrogen and oxygen atoms in total. The Labute approximate surface area is 115 Å². The molecule has 0 fully saturated rings. The molecule has 1 atom stereocenters. The first-order valence-electron chi connectivity index (χ1n) is 6.20. The van der Waals surface area contributed by atoms with Crippen molar-refractivity contribution >= 4 is 5.91 Å². The molecule has 5 heteroatoms. The molecule has 1 N–H and O–H groups in total. The number of hydrogen-bond acceptors (Lipinski definition) is 2. The number of carbonyl (C=O) groups is 1. The molecular weight excluding hydrogens is 259 g/mol. The lowest BCUT2D eigenvalue weighted by molar-refractivity contribution is 0.0939. The quantitative estimate of drug-likeness (QED) is 0.931. The van der Waals surface area contributed by atoms with Crippen molar-refractivity contribution in [2.45, 2.75) is 13.0 Å². The molecular formula is C15H15FN2O2. The van der Waals surface area contributed by atoms with Gasteiger partial charge < -0.3 is 9.88 Å². The lowest BCUT2D eigenvalue weighted by Gasteiger charge is -2.14. The Bertz CT molecular complexity index is 694. The Hall–Kier alpha value is -2.43. The Kier molecular flexibility index (Phi) is 3.98. The molecule has 0 saturated carbocycles. The second kappa shape index (κ2) is 5.69. The molecule has 0 radical (unpaired) electrons. The molecule has 0 bridgehead atoms. The summed E-state index contributed by atoms with van der Waals surface area (Å²) in [4.78, 5) is 23.5. The van der Waals surface area contributed by atoms with E-state index in [1.54, 1.807) is 32.2 Å². The van der Waals surface area contributed by atoms with E-state index in [4.69, 9.17) is 0 Å². The predicted octanol–water partition coefficient (Wildman–Crippen LogP) is 2.02. The van der Waals surface area contributed by atoms with Gasteiger partial charge in [-0.05, 0) is 30.7 Å². The molecule has 2 aromatic rings. The van der Waals surface area contributed by atoms with Crippen molar-refractivity contribution in [2.24, 2.45) is 7.05 Å². The first-order valence-corrected chi connectivity index (χ1v) is 6.20. The van der Waals surface area contributed by atoms with Gasteiger partial charge in [0, 0.05) is 24.9 Å². The van der Waals surface area contributed by atoms with Gasteiger partial charge in [-0.1, -0.05) is 12.1 Å². The molecule has 0 unspecified atom stereocenters. The van der Waals surface area contributed by atoms with E-state index in [0.29, 0.717) is 5.56 Å². The molecule has 0 aliphatic carbocycles. The lowest BCUT2D eigenvalue weighted by atomic mass is 10.1. The van der Waals surface area contributed by atoms with E-state index in [9.17, 15) is 14.0 Å². The first kappa shape index (κ1) is 14.0. The Morgan fingerprint density at radius 2 is 2.05 bits per heavy atom. The zero-order chi connectivity index (χ0) is 14.7. The van der Waals surface area contributed by atoms with E-state index in [-0.39, 0.29) is 28.9 Å². The predicted molar refractivity (Wildman–Crippen MR) is 74.0 cm³/mol. The molecule has 1 amide bonds. The third-order valence-corrected chi connectivity index (χ3v) is 3.06. The minimum absolute atomic E-state index is 0.254. The van der Waals surface area contributed by atoms with Crippen molar-refractivity contribution in [3.8, 4) is 0 Å². The minimum atomic E-state index is -0.362. The second-order valence-corrected chi connectivity index (χ2v) is 4.61. The van der Waals surface area contributed by atoms with Crippen molar-refractivity contribution < 1.29 is 9.18 Å². The lowest BCUT2D eigenvalue weighted by Crippen LogP contribution is -2.28. The number of amides is 1. The smallest absolute Gasteiger partial charge is 0.252 e. The first-order chi connectivity index (χ1) is 9.47. The number of aromatic nitrogens is 1. The third kappa shape index (κ3) is 3.12. The van der Waals surface area contributed by atoms with E-state index in [0.717, 1.165) is 0 Å². The normalized spacial score (nSPS) is 11.9. The molecule has 1 heterocycles. The van der Waals surface area contributed by atoms with Crippen LogP contribution in [-0.4, -0.2) is 10.5 Å². The van der Waals surface area contributed by atoms with Crippen molar-refractivity contribution in [3.63, 3.8) is 0 Å². The summed E-state index contributed by atoms with van der Waals surface area (Å²) in [5.74, 6) is -0.711. The fourth-order valence-electron chi connectivity index (χ4n) is 1.83. The van der Waals surface area contributed by atoms with Crippen molar-refractivity contribution in [1.29, 1.82) is 0 Å². The summed E-state index contributed by atoms with van der Waals surface area (Å²) in [6, 6.07) is 8.53. The fourth-order valence-corrected chi connectivity index (χ4v) is 1.83. The van der Waals surface area contributed by atoms with E-state index in [1.165, 1.54) is 29.0 Å². The summed E-state index contributed by atoms with van der Waals surface area (Å²) in [5.41, 5.74) is 0.703. The van der Waals surface area contributed by atoms with Gasteiger partial charge in [-0.15, -0.1) is 0 Å². The van der Waals surface area contributed by atoms with Crippen LogP contribution in [0.25, 0.3) is 0 Å². The van der Waals surface area contributed by atoms with Crippen LogP contribution in [0, 0.1) is 5.82 Å². The van der Waals surface area contributed by atoms with Crippen molar-refractivity contribution in [2.75, 3.05) is 0 Å². The zero-order valence-corrected chi connectivity index (χ0v) is 11.3. The molecule has 0 aliphatic heterocycles. The van der Waals surface area contributed by atoms with Crippen molar-refractivity contribution in [3.05, 3.63) is 69.9 Å². The number of hydrogen-bond donors (Lipinski definition) is 1. The van der Waals surface area contributed by atoms with E-state index in [1.807, 2.05) is 0 Å². The van der Waals surface area contributed by atoms with Gasteiger partial charge in [0.1, 0.15) is 5.82 Å². The molecule has 104 valence electrons. The van der Waals surface area contributed by atoms with Gasteiger partial charge in [-0.3, -0.25) is 9.59 Å². The summed E-state index contributed by atoms with van der Waals surface area (Å²) in [5, 5.41) is 2.73. The third-order valence-electron chi connectivity index (χ3n) is 3.06. The fraction of sp³-hybridized carbons (Fsp3) is 0.200. The maximum absolute atomic E-state index is 13.1. The monoisotopic (exact) mass is 274 g/mol. The van der Waals surface area contributed by atoms with Gasteiger partial charge in [0.05, 0.1) is 6.04 Å². The largest absolute Gasteiger partial charge is 0.346 e. The average Bonchev–Trinajstić information content (AvgIpc) is 2.41. The molecule has 2 rings (SSSR count). The van der Waals surface area contributed by atoms with Gasteiger partial charge in [-0.25, -0.2) is 4.39 Å². The summed E-state index contributed by atoms with van der Waals surface area (Å²) >= 11 is 0. The Morgan fingerprint density at radius 3 is 2.70 bits per heavy atom. The van der Waals surface area contributed by atoms with Gasteiger partial charge in [0.2, 0.25) is 0 Å². The molecule has 1 aromatic carbocycles. The van der Waals surface area contributed by atoms with Gasteiger partial charge in [0.25, 0.3) is 11.5 Å². The van der Waals surface area contributed by atoms with Crippen LogP contribution in [0.1, 0.15) is 28.9 Å². The Balaban J connectivity index is 2.15. The van der Waals surface area contributed by atoms with Gasteiger partial charge >= 0.3 is 0 Å². The van der Waals surface area contributed by atoms with E-state index < -0.39 is 0 Å². The maximum Gasteiger partial charge on any atom is 0.252 e. The van der Waals surface area contributed by atoms with Crippen LogP contribution in [0.4, 0.5) is 4.39 Å². The second-order valence-electron chi connectivity index (χ2n) is 4.61.